The molecule has 0 spiro atoms. The molecule has 96 valence electrons. The molecule has 2 rings (SSSR count). The van der Waals surface area contributed by atoms with E-state index in [9.17, 15) is 9.65 Å². The minimum absolute atomic E-state index is 0.318. The van der Waals surface area contributed by atoms with Gasteiger partial charge in [-0.3, -0.25) is 4.90 Å². The van der Waals surface area contributed by atoms with Gasteiger partial charge in [0.1, 0.15) is 11.9 Å². The first-order valence-corrected chi connectivity index (χ1v) is 6.39. The second-order valence-corrected chi connectivity index (χ2v) is 4.74. The predicted molar refractivity (Wildman–Crippen MR) is 68.8 cm³/mol. The molecule has 0 radical (unpaired) electrons. The summed E-state index contributed by atoms with van der Waals surface area (Å²) in [6.07, 6.45) is 0.997. The van der Waals surface area contributed by atoms with Crippen LogP contribution in [0.1, 0.15) is 18.0 Å². The van der Waals surface area contributed by atoms with Crippen LogP contribution in [0.3, 0.4) is 0 Å². The van der Waals surface area contributed by atoms with Gasteiger partial charge < -0.3 is 5.32 Å². The molecule has 5 heteroatoms. The van der Waals surface area contributed by atoms with Crippen LogP contribution in [0.4, 0.5) is 4.39 Å². The zero-order valence-electron chi connectivity index (χ0n) is 10.00. The molecule has 0 aromatic heterocycles. The minimum Gasteiger partial charge on any atom is -0.315 e. The standard InChI is InChI=1S/C13H15ClFN3/c14-12-8-10(15)2-3-11(12)13(9-16)18-6-1-4-17-5-7-18/h2-3,8,13,17H,1,4-7H2. The van der Waals surface area contributed by atoms with Crippen molar-refractivity contribution < 1.29 is 4.39 Å². The Morgan fingerprint density at radius 3 is 2.94 bits per heavy atom. The van der Waals surface area contributed by atoms with E-state index in [1.807, 2.05) is 0 Å². The van der Waals surface area contributed by atoms with E-state index in [0.29, 0.717) is 10.6 Å². The summed E-state index contributed by atoms with van der Waals surface area (Å²) in [6.45, 7) is 3.47. The maximum Gasteiger partial charge on any atom is 0.125 e. The molecule has 1 saturated heterocycles. The van der Waals surface area contributed by atoms with Gasteiger partial charge in [-0.2, -0.15) is 5.26 Å². The van der Waals surface area contributed by atoms with Gasteiger partial charge in [-0.05, 0) is 25.1 Å². The molecule has 1 aliphatic rings. The number of nitriles is 1. The quantitative estimate of drug-likeness (QED) is 0.894. The van der Waals surface area contributed by atoms with Crippen molar-refractivity contribution in [2.45, 2.75) is 12.5 Å². The number of benzene rings is 1. The number of rotatable bonds is 2. The first-order chi connectivity index (χ1) is 8.72. The second kappa shape index (κ2) is 6.14. The summed E-state index contributed by atoms with van der Waals surface area (Å²) >= 11 is 6.03. The highest BCUT2D eigenvalue weighted by atomic mass is 35.5. The lowest BCUT2D eigenvalue weighted by Gasteiger charge is -2.25. The molecule has 1 aromatic carbocycles. The summed E-state index contributed by atoms with van der Waals surface area (Å²) in [7, 11) is 0. The molecule has 18 heavy (non-hydrogen) atoms. The highest BCUT2D eigenvalue weighted by Gasteiger charge is 2.23. The third-order valence-corrected chi connectivity index (χ3v) is 3.45. The van der Waals surface area contributed by atoms with Crippen LogP contribution in [-0.2, 0) is 0 Å². The van der Waals surface area contributed by atoms with Gasteiger partial charge in [0, 0.05) is 30.2 Å². The fourth-order valence-corrected chi connectivity index (χ4v) is 2.47. The lowest BCUT2D eigenvalue weighted by molar-refractivity contribution is 0.252. The van der Waals surface area contributed by atoms with Gasteiger partial charge in [-0.1, -0.05) is 17.7 Å². The van der Waals surface area contributed by atoms with Crippen LogP contribution < -0.4 is 5.32 Å². The molecule has 0 aliphatic carbocycles. The Morgan fingerprint density at radius 2 is 2.22 bits per heavy atom. The first-order valence-electron chi connectivity index (χ1n) is 6.01. The van der Waals surface area contributed by atoms with Gasteiger partial charge in [0.15, 0.2) is 0 Å². The fourth-order valence-electron chi connectivity index (χ4n) is 2.20. The molecule has 0 bridgehead atoms. The number of nitrogens with zero attached hydrogens (tertiary/aromatic N) is 2. The van der Waals surface area contributed by atoms with Crippen LogP contribution in [-0.4, -0.2) is 31.1 Å². The minimum atomic E-state index is -0.405. The van der Waals surface area contributed by atoms with Crippen molar-refractivity contribution in [1.29, 1.82) is 5.26 Å². The lowest BCUT2D eigenvalue weighted by Crippen LogP contribution is -2.31. The van der Waals surface area contributed by atoms with Crippen molar-refractivity contribution in [3.8, 4) is 6.07 Å². The van der Waals surface area contributed by atoms with Gasteiger partial charge >= 0.3 is 0 Å². The zero-order chi connectivity index (χ0) is 13.0. The number of nitrogens with one attached hydrogen (secondary N) is 1. The molecule has 1 N–H and O–H groups in total. The van der Waals surface area contributed by atoms with Crippen molar-refractivity contribution in [3.05, 3.63) is 34.6 Å². The summed E-state index contributed by atoms with van der Waals surface area (Å²) in [5, 5.41) is 13.0. The highest BCUT2D eigenvalue weighted by molar-refractivity contribution is 6.31. The van der Waals surface area contributed by atoms with Crippen molar-refractivity contribution in [2.24, 2.45) is 0 Å². The van der Waals surface area contributed by atoms with E-state index in [4.69, 9.17) is 11.6 Å². The lowest BCUT2D eigenvalue weighted by atomic mass is 10.1. The Labute approximate surface area is 111 Å². The SMILES string of the molecule is N#CC(c1ccc(F)cc1Cl)N1CCCNCC1. The molecular formula is C13H15ClFN3. The maximum absolute atomic E-state index is 13.0. The molecule has 1 fully saturated rings. The van der Waals surface area contributed by atoms with E-state index in [1.54, 1.807) is 6.07 Å². The van der Waals surface area contributed by atoms with Crippen LogP contribution in [0.25, 0.3) is 0 Å². The Kier molecular flexibility index (Phi) is 4.54. The molecule has 1 heterocycles. The summed E-state index contributed by atoms with van der Waals surface area (Å²) in [4.78, 5) is 2.08. The largest absolute Gasteiger partial charge is 0.315 e. The molecule has 3 nitrogen and oxygen atoms in total. The van der Waals surface area contributed by atoms with Crippen molar-refractivity contribution in [2.75, 3.05) is 26.2 Å². The average Bonchev–Trinajstić information content (AvgIpc) is 2.62. The normalized spacial score (nSPS) is 18.9. The van der Waals surface area contributed by atoms with Crippen molar-refractivity contribution >= 4 is 11.6 Å². The second-order valence-electron chi connectivity index (χ2n) is 4.34. The van der Waals surface area contributed by atoms with Gasteiger partial charge in [0.2, 0.25) is 0 Å². The number of hydrogen-bond acceptors (Lipinski definition) is 3. The molecule has 1 atom stereocenters. The molecule has 0 saturated carbocycles. The van der Waals surface area contributed by atoms with Crippen molar-refractivity contribution in [3.63, 3.8) is 0 Å². The predicted octanol–water partition coefficient (Wildman–Crippen LogP) is 2.34. The van der Waals surface area contributed by atoms with E-state index in [0.717, 1.165) is 32.6 Å². The smallest absolute Gasteiger partial charge is 0.125 e. The Morgan fingerprint density at radius 1 is 1.39 bits per heavy atom. The van der Waals surface area contributed by atoms with Gasteiger partial charge in [0.05, 0.1) is 6.07 Å². The van der Waals surface area contributed by atoms with E-state index in [2.05, 4.69) is 16.3 Å². The Balaban J connectivity index is 2.24. The Bertz CT molecular complexity index is 450. The molecule has 1 aliphatic heterocycles. The van der Waals surface area contributed by atoms with E-state index >= 15 is 0 Å². The summed E-state index contributed by atoms with van der Waals surface area (Å²) in [6, 6.07) is 6.07. The summed E-state index contributed by atoms with van der Waals surface area (Å²) in [5.74, 6) is -0.377. The number of halogens is 2. The third kappa shape index (κ3) is 2.99. The fraction of sp³-hybridized carbons (Fsp3) is 0.462. The monoisotopic (exact) mass is 267 g/mol. The third-order valence-electron chi connectivity index (χ3n) is 3.12. The van der Waals surface area contributed by atoms with Gasteiger partial charge in [-0.15, -0.1) is 0 Å². The molecule has 1 aromatic rings. The summed E-state index contributed by atoms with van der Waals surface area (Å²) < 4.78 is 13.0. The zero-order valence-corrected chi connectivity index (χ0v) is 10.8. The van der Waals surface area contributed by atoms with E-state index in [-0.39, 0.29) is 5.82 Å². The van der Waals surface area contributed by atoms with Crippen LogP contribution >= 0.6 is 11.6 Å². The van der Waals surface area contributed by atoms with E-state index < -0.39 is 6.04 Å². The topological polar surface area (TPSA) is 39.1 Å². The molecule has 0 amide bonds. The Hall–Kier alpha value is -1.15. The first kappa shape index (κ1) is 13.3. The van der Waals surface area contributed by atoms with E-state index in [1.165, 1.54) is 12.1 Å². The molecule has 1 unspecified atom stereocenters. The van der Waals surface area contributed by atoms with Crippen molar-refractivity contribution in [1.82, 2.24) is 10.2 Å². The van der Waals surface area contributed by atoms with Crippen LogP contribution in [0.5, 0.6) is 0 Å². The average molecular weight is 268 g/mol. The highest BCUT2D eigenvalue weighted by Crippen LogP contribution is 2.28. The van der Waals surface area contributed by atoms with Crippen LogP contribution in [0.2, 0.25) is 5.02 Å². The number of hydrogen-bond donors (Lipinski definition) is 1. The molecular weight excluding hydrogens is 253 g/mol. The summed E-state index contributed by atoms with van der Waals surface area (Å²) in [5.41, 5.74) is 0.683. The maximum atomic E-state index is 13.0. The van der Waals surface area contributed by atoms with Crippen LogP contribution in [0.15, 0.2) is 18.2 Å². The van der Waals surface area contributed by atoms with Gasteiger partial charge in [0.25, 0.3) is 0 Å². The van der Waals surface area contributed by atoms with Gasteiger partial charge in [-0.25, -0.2) is 4.39 Å². The van der Waals surface area contributed by atoms with Crippen LogP contribution in [0, 0.1) is 17.1 Å².